The zero-order valence-corrected chi connectivity index (χ0v) is 10.2. The van der Waals surface area contributed by atoms with Gasteiger partial charge in [0.05, 0.1) is 12.1 Å². The summed E-state index contributed by atoms with van der Waals surface area (Å²) in [5, 5.41) is 3.01. The molecule has 1 fully saturated rings. The number of nitrogen functional groups attached to an aromatic ring is 1. The van der Waals surface area contributed by atoms with Crippen LogP contribution < -0.4 is 11.1 Å². The third-order valence-electron chi connectivity index (χ3n) is 3.17. The number of anilines is 1. The third kappa shape index (κ3) is 2.58. The van der Waals surface area contributed by atoms with Crippen LogP contribution in [-0.4, -0.2) is 24.7 Å². The van der Waals surface area contributed by atoms with Crippen molar-refractivity contribution >= 4 is 11.6 Å². The van der Waals surface area contributed by atoms with Gasteiger partial charge >= 0.3 is 0 Å². The van der Waals surface area contributed by atoms with E-state index >= 15 is 0 Å². The maximum atomic E-state index is 12.1. The van der Waals surface area contributed by atoms with Gasteiger partial charge in [-0.1, -0.05) is 0 Å². The molecule has 0 aliphatic carbocycles. The van der Waals surface area contributed by atoms with E-state index < -0.39 is 0 Å². The lowest BCUT2D eigenvalue weighted by molar-refractivity contribution is 0.0890. The summed E-state index contributed by atoms with van der Waals surface area (Å²) in [6.45, 7) is 5.18. The largest absolute Gasteiger partial charge is 0.399 e. The first-order valence-electron chi connectivity index (χ1n) is 5.77. The number of nitrogens with one attached hydrogen (secondary N) is 1. The van der Waals surface area contributed by atoms with Crippen molar-refractivity contribution in [3.05, 3.63) is 29.3 Å². The number of carbonyl (C=O) groups excluding carboxylic acids is 1. The average molecular weight is 234 g/mol. The van der Waals surface area contributed by atoms with Gasteiger partial charge in [0.25, 0.3) is 5.91 Å². The second-order valence-electron chi connectivity index (χ2n) is 4.89. The van der Waals surface area contributed by atoms with Crippen LogP contribution in [0.5, 0.6) is 0 Å². The van der Waals surface area contributed by atoms with E-state index in [1.807, 2.05) is 19.9 Å². The summed E-state index contributed by atoms with van der Waals surface area (Å²) in [5.41, 5.74) is 7.75. The molecule has 1 heterocycles. The molecule has 0 spiro atoms. The van der Waals surface area contributed by atoms with Gasteiger partial charge in [-0.15, -0.1) is 0 Å². The molecule has 0 saturated carbocycles. The Labute approximate surface area is 101 Å². The van der Waals surface area contributed by atoms with Gasteiger partial charge in [-0.2, -0.15) is 0 Å². The summed E-state index contributed by atoms with van der Waals surface area (Å²) >= 11 is 0. The Morgan fingerprint density at radius 2 is 2.29 bits per heavy atom. The zero-order valence-electron chi connectivity index (χ0n) is 10.2. The second-order valence-corrected chi connectivity index (χ2v) is 4.89. The maximum absolute atomic E-state index is 12.1. The molecular weight excluding hydrogens is 216 g/mol. The minimum absolute atomic E-state index is 0.0684. The highest BCUT2D eigenvalue weighted by molar-refractivity contribution is 5.95. The number of aryl methyl sites for hydroxylation is 1. The van der Waals surface area contributed by atoms with Crippen LogP contribution in [0, 0.1) is 6.92 Å². The van der Waals surface area contributed by atoms with Crippen molar-refractivity contribution in [2.45, 2.75) is 25.8 Å². The summed E-state index contributed by atoms with van der Waals surface area (Å²) in [6, 6.07) is 5.32. The van der Waals surface area contributed by atoms with Crippen molar-refractivity contribution in [3.8, 4) is 0 Å². The van der Waals surface area contributed by atoms with Crippen LogP contribution in [0.25, 0.3) is 0 Å². The third-order valence-corrected chi connectivity index (χ3v) is 3.17. The highest BCUT2D eigenvalue weighted by Crippen LogP contribution is 2.19. The topological polar surface area (TPSA) is 64.3 Å². The van der Waals surface area contributed by atoms with Crippen molar-refractivity contribution in [1.82, 2.24) is 5.32 Å². The number of ether oxygens (including phenoxy) is 1. The molecule has 1 atom stereocenters. The van der Waals surface area contributed by atoms with E-state index in [0.29, 0.717) is 24.5 Å². The Bertz CT molecular complexity index is 437. The lowest BCUT2D eigenvalue weighted by Crippen LogP contribution is -2.46. The van der Waals surface area contributed by atoms with Crippen LogP contribution in [0.4, 0.5) is 5.69 Å². The lowest BCUT2D eigenvalue weighted by Gasteiger charge is -2.23. The Kier molecular flexibility index (Phi) is 3.07. The molecule has 1 aliphatic rings. The Balaban J connectivity index is 2.11. The number of benzene rings is 1. The van der Waals surface area contributed by atoms with Crippen molar-refractivity contribution in [2.75, 3.05) is 18.9 Å². The number of hydrogen-bond donors (Lipinski definition) is 2. The summed E-state index contributed by atoms with van der Waals surface area (Å²) in [6.07, 6.45) is 0.854. The number of carbonyl (C=O) groups is 1. The van der Waals surface area contributed by atoms with Gasteiger partial charge in [0.15, 0.2) is 0 Å². The van der Waals surface area contributed by atoms with E-state index in [1.165, 1.54) is 0 Å². The molecule has 1 unspecified atom stereocenters. The summed E-state index contributed by atoms with van der Waals surface area (Å²) in [7, 11) is 0. The van der Waals surface area contributed by atoms with E-state index in [4.69, 9.17) is 10.5 Å². The molecule has 1 aromatic carbocycles. The molecule has 2 rings (SSSR count). The molecule has 0 bridgehead atoms. The first-order valence-corrected chi connectivity index (χ1v) is 5.77. The molecule has 1 aromatic rings. The van der Waals surface area contributed by atoms with Crippen molar-refractivity contribution in [2.24, 2.45) is 0 Å². The van der Waals surface area contributed by atoms with Crippen LogP contribution in [0.2, 0.25) is 0 Å². The molecule has 1 saturated heterocycles. The van der Waals surface area contributed by atoms with Gasteiger partial charge in [-0.3, -0.25) is 4.79 Å². The second kappa shape index (κ2) is 4.37. The van der Waals surface area contributed by atoms with Crippen LogP contribution in [0.3, 0.4) is 0 Å². The predicted octanol–water partition coefficient (Wildman–Crippen LogP) is 1.49. The summed E-state index contributed by atoms with van der Waals surface area (Å²) < 4.78 is 5.30. The van der Waals surface area contributed by atoms with Gasteiger partial charge in [-0.05, 0) is 44.0 Å². The summed E-state index contributed by atoms with van der Waals surface area (Å²) in [5.74, 6) is -0.0684. The molecule has 3 N–H and O–H groups in total. The zero-order chi connectivity index (χ0) is 12.5. The Morgan fingerprint density at radius 3 is 2.88 bits per heavy atom. The van der Waals surface area contributed by atoms with Crippen molar-refractivity contribution in [1.29, 1.82) is 0 Å². The van der Waals surface area contributed by atoms with E-state index in [1.54, 1.807) is 12.1 Å². The Morgan fingerprint density at radius 1 is 1.53 bits per heavy atom. The minimum Gasteiger partial charge on any atom is -0.399 e. The molecule has 4 heteroatoms. The fourth-order valence-corrected chi connectivity index (χ4v) is 1.93. The normalized spacial score (nSPS) is 23.6. The first-order chi connectivity index (χ1) is 8.00. The number of amides is 1. The summed E-state index contributed by atoms with van der Waals surface area (Å²) in [4.78, 5) is 12.1. The number of nitrogens with two attached hydrogens (primary N) is 1. The molecule has 0 aromatic heterocycles. The van der Waals surface area contributed by atoms with Crippen LogP contribution in [-0.2, 0) is 4.74 Å². The molecule has 17 heavy (non-hydrogen) atoms. The van der Waals surface area contributed by atoms with E-state index in [9.17, 15) is 4.79 Å². The van der Waals surface area contributed by atoms with E-state index in [0.717, 1.165) is 12.0 Å². The highest BCUT2D eigenvalue weighted by Gasteiger charge is 2.31. The molecule has 92 valence electrons. The van der Waals surface area contributed by atoms with Crippen LogP contribution >= 0.6 is 0 Å². The molecule has 1 aliphatic heterocycles. The fraction of sp³-hybridized carbons (Fsp3) is 0.462. The monoisotopic (exact) mass is 234 g/mol. The van der Waals surface area contributed by atoms with Crippen LogP contribution in [0.15, 0.2) is 18.2 Å². The highest BCUT2D eigenvalue weighted by atomic mass is 16.5. The average Bonchev–Trinajstić information content (AvgIpc) is 2.69. The van der Waals surface area contributed by atoms with Gasteiger partial charge in [0, 0.05) is 17.9 Å². The molecule has 4 nitrogen and oxygen atoms in total. The minimum atomic E-state index is -0.244. The quantitative estimate of drug-likeness (QED) is 0.762. The van der Waals surface area contributed by atoms with Crippen molar-refractivity contribution in [3.63, 3.8) is 0 Å². The SMILES string of the molecule is Cc1cc(C(=O)NC2(C)CCOC2)ccc1N. The maximum Gasteiger partial charge on any atom is 0.251 e. The van der Waals surface area contributed by atoms with Crippen LogP contribution in [0.1, 0.15) is 29.3 Å². The van der Waals surface area contributed by atoms with Gasteiger partial charge in [0.1, 0.15) is 0 Å². The first kappa shape index (κ1) is 11.9. The predicted molar refractivity (Wildman–Crippen MR) is 66.9 cm³/mol. The lowest BCUT2D eigenvalue weighted by atomic mass is 10.0. The molecular formula is C13H18N2O2. The standard InChI is InChI=1S/C13H18N2O2/c1-9-7-10(3-4-11(9)14)12(16)15-13(2)5-6-17-8-13/h3-4,7H,5-6,8,14H2,1-2H3,(H,15,16). The number of rotatable bonds is 2. The van der Waals surface area contributed by atoms with E-state index in [-0.39, 0.29) is 11.4 Å². The molecule has 0 radical (unpaired) electrons. The van der Waals surface area contributed by atoms with Crippen molar-refractivity contribution < 1.29 is 9.53 Å². The van der Waals surface area contributed by atoms with Gasteiger partial charge < -0.3 is 15.8 Å². The number of hydrogen-bond acceptors (Lipinski definition) is 3. The smallest absolute Gasteiger partial charge is 0.251 e. The Hall–Kier alpha value is -1.55. The van der Waals surface area contributed by atoms with E-state index in [2.05, 4.69) is 5.32 Å². The van der Waals surface area contributed by atoms with Gasteiger partial charge in [0.2, 0.25) is 0 Å². The van der Waals surface area contributed by atoms with Gasteiger partial charge in [-0.25, -0.2) is 0 Å². The fourth-order valence-electron chi connectivity index (χ4n) is 1.93. The molecule has 1 amide bonds.